The van der Waals surface area contributed by atoms with Crippen molar-refractivity contribution in [2.75, 3.05) is 26.7 Å². The number of nitrogens with zero attached hydrogens (tertiary/aromatic N) is 4. The van der Waals surface area contributed by atoms with Gasteiger partial charge < -0.3 is 14.2 Å². The lowest BCUT2D eigenvalue weighted by Crippen LogP contribution is -2.48. The molecule has 2 heterocycles. The summed E-state index contributed by atoms with van der Waals surface area (Å²) in [6.07, 6.45) is 6.30. The molecule has 0 bridgehead atoms. The third kappa shape index (κ3) is 6.86. The van der Waals surface area contributed by atoms with E-state index in [4.69, 9.17) is 16.3 Å². The molecule has 0 saturated carbocycles. The van der Waals surface area contributed by atoms with E-state index >= 15 is 0 Å². The topological polar surface area (TPSA) is 50.6 Å². The van der Waals surface area contributed by atoms with Gasteiger partial charge in [-0.25, -0.2) is 4.98 Å². The van der Waals surface area contributed by atoms with Gasteiger partial charge in [-0.1, -0.05) is 41.9 Å². The molecule has 7 heteroatoms. The predicted octanol–water partition coefficient (Wildman–Crippen LogP) is 5.09. The van der Waals surface area contributed by atoms with Crippen molar-refractivity contribution in [3.05, 3.63) is 82.9 Å². The minimum Gasteiger partial charge on any atom is -0.493 e. The Morgan fingerprint density at radius 3 is 2.74 bits per heavy atom. The lowest BCUT2D eigenvalue weighted by Gasteiger charge is -2.42. The lowest BCUT2D eigenvalue weighted by molar-refractivity contribution is -0.135. The number of aryl methyl sites for hydroxylation is 2. The molecule has 35 heavy (non-hydrogen) atoms. The number of benzene rings is 2. The maximum absolute atomic E-state index is 13.4. The number of carbonyl (C=O) groups excluding carboxylic acids is 1. The Labute approximate surface area is 213 Å². The van der Waals surface area contributed by atoms with Crippen molar-refractivity contribution in [1.82, 2.24) is 19.4 Å². The molecular weight excluding hydrogens is 460 g/mol. The number of carbonyl (C=O) groups is 1. The van der Waals surface area contributed by atoms with Crippen LogP contribution in [0.3, 0.4) is 0 Å². The van der Waals surface area contributed by atoms with Crippen molar-refractivity contribution >= 4 is 17.5 Å². The second kappa shape index (κ2) is 11.3. The molecule has 0 spiro atoms. The van der Waals surface area contributed by atoms with Crippen LogP contribution >= 0.6 is 11.6 Å². The highest BCUT2D eigenvalue weighted by molar-refractivity contribution is 6.31. The van der Waals surface area contributed by atoms with Crippen LogP contribution in [0.15, 0.2) is 61.1 Å². The van der Waals surface area contributed by atoms with Crippen LogP contribution in [-0.4, -0.2) is 52.0 Å². The maximum atomic E-state index is 13.4. The van der Waals surface area contributed by atoms with Crippen LogP contribution in [0.5, 0.6) is 5.75 Å². The number of imidazole rings is 1. The molecule has 0 N–H and O–H groups in total. The van der Waals surface area contributed by atoms with Gasteiger partial charge in [-0.3, -0.25) is 9.69 Å². The largest absolute Gasteiger partial charge is 0.493 e. The van der Waals surface area contributed by atoms with Crippen LogP contribution < -0.4 is 4.74 Å². The van der Waals surface area contributed by atoms with Gasteiger partial charge in [-0.15, -0.1) is 0 Å². The van der Waals surface area contributed by atoms with E-state index in [9.17, 15) is 4.79 Å². The van der Waals surface area contributed by atoms with Crippen LogP contribution in [-0.2, 0) is 24.9 Å². The molecule has 1 aliphatic heterocycles. The molecule has 0 unspecified atom stereocenters. The van der Waals surface area contributed by atoms with E-state index in [0.717, 1.165) is 60.1 Å². The molecular formula is C28H35ClN4O2. The van der Waals surface area contributed by atoms with Gasteiger partial charge in [0.1, 0.15) is 5.75 Å². The normalized spacial score (nSPS) is 18.4. The van der Waals surface area contributed by atoms with Gasteiger partial charge in [0.2, 0.25) is 5.91 Å². The Balaban J connectivity index is 1.49. The lowest BCUT2D eigenvalue weighted by atomic mass is 9.77. The zero-order chi connectivity index (χ0) is 24.8. The summed E-state index contributed by atoms with van der Waals surface area (Å²) in [5.41, 5.74) is 2.89. The molecule has 1 aromatic heterocycles. The summed E-state index contributed by atoms with van der Waals surface area (Å²) in [6.45, 7) is 5.62. The molecule has 1 amide bonds. The van der Waals surface area contributed by atoms with Crippen LogP contribution in [0, 0.1) is 12.3 Å². The van der Waals surface area contributed by atoms with Gasteiger partial charge in [-0.2, -0.15) is 0 Å². The molecule has 4 rings (SSSR count). The summed E-state index contributed by atoms with van der Waals surface area (Å²) in [5.74, 6) is 0.933. The summed E-state index contributed by atoms with van der Waals surface area (Å²) < 4.78 is 8.28. The Morgan fingerprint density at radius 1 is 1.23 bits per heavy atom. The first-order valence-electron chi connectivity index (χ1n) is 12.2. The van der Waals surface area contributed by atoms with Crippen molar-refractivity contribution in [2.24, 2.45) is 12.5 Å². The number of piperidine rings is 1. The minimum absolute atomic E-state index is 0.143. The Hall–Kier alpha value is -2.83. The number of halogens is 1. The van der Waals surface area contributed by atoms with Crippen molar-refractivity contribution in [3.8, 4) is 5.75 Å². The summed E-state index contributed by atoms with van der Waals surface area (Å²) in [7, 11) is 3.88. The van der Waals surface area contributed by atoms with E-state index < -0.39 is 0 Å². The molecule has 0 radical (unpaired) electrons. The number of hydrogen-bond acceptors (Lipinski definition) is 4. The molecule has 3 aromatic rings. The summed E-state index contributed by atoms with van der Waals surface area (Å²) in [6, 6.07) is 15.9. The molecule has 1 fully saturated rings. The van der Waals surface area contributed by atoms with Gasteiger partial charge in [-0.05, 0) is 55.6 Å². The highest BCUT2D eigenvalue weighted by Gasteiger charge is 2.39. The summed E-state index contributed by atoms with van der Waals surface area (Å²) in [4.78, 5) is 22.2. The SMILES string of the molecule is Cc1cc(OC[C@@]2(CC(=O)N(C)Cc3ccccc3)CCCN(Cc3cn(C)cn3)C2)ccc1Cl. The quantitative estimate of drug-likeness (QED) is 0.415. The fourth-order valence-electron chi connectivity index (χ4n) is 4.88. The van der Waals surface area contributed by atoms with Gasteiger partial charge in [0.05, 0.1) is 18.6 Å². The number of hydrogen-bond donors (Lipinski definition) is 0. The molecule has 1 saturated heterocycles. The molecule has 186 valence electrons. The van der Waals surface area contributed by atoms with Gasteiger partial charge in [0, 0.05) is 56.8 Å². The number of aromatic nitrogens is 2. The molecule has 1 atom stereocenters. The van der Waals surface area contributed by atoms with Crippen LogP contribution in [0.2, 0.25) is 5.02 Å². The predicted molar refractivity (Wildman–Crippen MR) is 139 cm³/mol. The number of likely N-dealkylation sites (tertiary alicyclic amines) is 1. The van der Waals surface area contributed by atoms with E-state index in [1.165, 1.54) is 0 Å². The van der Waals surface area contributed by atoms with E-state index in [-0.39, 0.29) is 11.3 Å². The fraction of sp³-hybridized carbons (Fsp3) is 0.429. The Morgan fingerprint density at radius 2 is 2.03 bits per heavy atom. The third-order valence-electron chi connectivity index (χ3n) is 6.77. The van der Waals surface area contributed by atoms with E-state index in [1.807, 2.05) is 73.2 Å². The first-order valence-corrected chi connectivity index (χ1v) is 12.6. The highest BCUT2D eigenvalue weighted by atomic mass is 35.5. The van der Waals surface area contributed by atoms with Gasteiger partial charge in [0.15, 0.2) is 0 Å². The average Bonchev–Trinajstić information content (AvgIpc) is 3.25. The van der Waals surface area contributed by atoms with Crippen LogP contribution in [0.4, 0.5) is 0 Å². The Kier molecular flexibility index (Phi) is 8.14. The van der Waals surface area contributed by atoms with Crippen molar-refractivity contribution in [1.29, 1.82) is 0 Å². The molecule has 0 aliphatic carbocycles. The number of amides is 1. The number of rotatable bonds is 9. The maximum Gasteiger partial charge on any atom is 0.223 e. The van der Waals surface area contributed by atoms with E-state index in [1.54, 1.807) is 0 Å². The zero-order valence-electron chi connectivity index (χ0n) is 20.9. The van der Waals surface area contributed by atoms with Crippen LogP contribution in [0.1, 0.15) is 36.1 Å². The number of ether oxygens (including phenoxy) is 1. The third-order valence-corrected chi connectivity index (χ3v) is 7.20. The molecule has 1 aliphatic rings. The second-order valence-electron chi connectivity index (χ2n) is 9.96. The average molecular weight is 495 g/mol. The van der Waals surface area contributed by atoms with Crippen molar-refractivity contribution < 1.29 is 9.53 Å². The van der Waals surface area contributed by atoms with Crippen molar-refractivity contribution in [3.63, 3.8) is 0 Å². The summed E-state index contributed by atoms with van der Waals surface area (Å²) >= 11 is 6.20. The van der Waals surface area contributed by atoms with Crippen LogP contribution in [0.25, 0.3) is 0 Å². The fourth-order valence-corrected chi connectivity index (χ4v) is 5.00. The summed E-state index contributed by atoms with van der Waals surface area (Å²) in [5, 5.41) is 0.726. The smallest absolute Gasteiger partial charge is 0.223 e. The minimum atomic E-state index is -0.275. The van der Waals surface area contributed by atoms with Crippen molar-refractivity contribution in [2.45, 2.75) is 39.3 Å². The van der Waals surface area contributed by atoms with E-state index in [0.29, 0.717) is 19.6 Å². The zero-order valence-corrected chi connectivity index (χ0v) is 21.7. The highest BCUT2D eigenvalue weighted by Crippen LogP contribution is 2.36. The standard InChI is InChI=1S/C28H35ClN4O2/c1-22-14-25(10-11-26(22)29)35-20-28(15-27(34)32(3)16-23-8-5-4-6-9-23)12-7-13-33(19-28)18-24-17-31(2)21-30-24/h4-6,8-11,14,17,21H,7,12-13,15-16,18-20H2,1-3H3/t28-/m1/s1. The second-order valence-corrected chi connectivity index (χ2v) is 10.4. The first kappa shape index (κ1) is 25.3. The van der Waals surface area contributed by atoms with E-state index in [2.05, 4.69) is 28.2 Å². The first-order chi connectivity index (χ1) is 16.8. The Bertz CT molecular complexity index is 1130. The van der Waals surface area contributed by atoms with Gasteiger partial charge >= 0.3 is 0 Å². The monoisotopic (exact) mass is 494 g/mol. The van der Waals surface area contributed by atoms with Gasteiger partial charge in [0.25, 0.3) is 0 Å². The molecule has 6 nitrogen and oxygen atoms in total. The molecule has 2 aromatic carbocycles.